The smallest absolute Gasteiger partial charge is 0.329 e. The molecule has 2 aromatic rings. The Morgan fingerprint density at radius 3 is 2.48 bits per heavy atom. The number of imide groups is 1. The number of nitrogens with one attached hydrogen (secondary N) is 1. The number of amides is 3. The second-order valence-corrected chi connectivity index (χ2v) is 5.76. The third-order valence-electron chi connectivity index (χ3n) is 3.84. The number of ether oxygens (including phenoxy) is 1. The molecule has 0 unspecified atom stereocenters. The summed E-state index contributed by atoms with van der Waals surface area (Å²) in [5.41, 5.74) is 2.00. The van der Waals surface area contributed by atoms with Crippen molar-refractivity contribution in [3.8, 4) is 6.07 Å². The maximum atomic E-state index is 12.4. The second kappa shape index (κ2) is 7.97. The van der Waals surface area contributed by atoms with E-state index < -0.39 is 24.5 Å². The minimum atomic E-state index is -0.684. The van der Waals surface area contributed by atoms with Crippen molar-refractivity contribution in [3.05, 3.63) is 77.0 Å². The van der Waals surface area contributed by atoms with Gasteiger partial charge in [-0.05, 0) is 29.3 Å². The molecule has 0 aliphatic carbocycles. The molecule has 0 bridgehead atoms. The van der Waals surface area contributed by atoms with Gasteiger partial charge in [0.25, 0.3) is 5.91 Å². The Hall–Kier alpha value is -3.92. The molecule has 1 fully saturated rings. The van der Waals surface area contributed by atoms with Gasteiger partial charge >= 0.3 is 12.0 Å². The van der Waals surface area contributed by atoms with Crippen molar-refractivity contribution in [2.24, 2.45) is 0 Å². The van der Waals surface area contributed by atoms with Crippen LogP contribution in [0.5, 0.6) is 0 Å². The molecule has 0 saturated carbocycles. The van der Waals surface area contributed by atoms with Gasteiger partial charge in [0.1, 0.15) is 18.8 Å². The number of nitrogens with zero attached hydrogens (tertiary/aromatic N) is 2. The molecule has 27 heavy (non-hydrogen) atoms. The number of hydrogen-bond donors (Lipinski definition) is 1. The molecule has 1 aliphatic heterocycles. The van der Waals surface area contributed by atoms with Gasteiger partial charge in [0.2, 0.25) is 0 Å². The first-order chi connectivity index (χ1) is 13.1. The Bertz CT molecular complexity index is 943. The Labute approximate surface area is 155 Å². The summed E-state index contributed by atoms with van der Waals surface area (Å²) >= 11 is 0. The van der Waals surface area contributed by atoms with Crippen molar-refractivity contribution >= 4 is 24.0 Å². The van der Waals surface area contributed by atoms with E-state index >= 15 is 0 Å². The zero-order valence-electron chi connectivity index (χ0n) is 14.2. The van der Waals surface area contributed by atoms with Gasteiger partial charge in [0, 0.05) is 0 Å². The topological polar surface area (TPSA) is 99.5 Å². The van der Waals surface area contributed by atoms with Crippen molar-refractivity contribution in [2.75, 3.05) is 6.54 Å². The third-order valence-corrected chi connectivity index (χ3v) is 3.84. The van der Waals surface area contributed by atoms with E-state index in [0.717, 1.165) is 10.5 Å². The first kappa shape index (κ1) is 17.9. The van der Waals surface area contributed by atoms with Crippen molar-refractivity contribution in [1.29, 1.82) is 5.26 Å². The lowest BCUT2D eigenvalue weighted by atomic mass is 10.1. The highest BCUT2D eigenvalue weighted by molar-refractivity contribution is 6.15. The fourth-order valence-corrected chi connectivity index (χ4v) is 2.45. The minimum Gasteiger partial charge on any atom is -0.459 e. The summed E-state index contributed by atoms with van der Waals surface area (Å²) in [4.78, 5) is 37.1. The van der Waals surface area contributed by atoms with Gasteiger partial charge in [-0.3, -0.25) is 9.59 Å². The molecule has 1 saturated heterocycles. The molecule has 134 valence electrons. The van der Waals surface area contributed by atoms with Crippen LogP contribution in [0.4, 0.5) is 4.79 Å². The SMILES string of the molecule is N#Cc1ccc(C=C2NC(=O)N(CC(=O)OCc3ccccc3)C2=O)cc1. The third kappa shape index (κ3) is 4.38. The highest BCUT2D eigenvalue weighted by atomic mass is 16.5. The Balaban J connectivity index is 1.62. The van der Waals surface area contributed by atoms with Crippen LogP contribution in [-0.2, 0) is 20.9 Å². The number of hydrogen-bond acceptors (Lipinski definition) is 5. The molecular formula is C20H15N3O4. The Morgan fingerprint density at radius 2 is 1.81 bits per heavy atom. The maximum Gasteiger partial charge on any atom is 0.329 e. The maximum absolute atomic E-state index is 12.4. The van der Waals surface area contributed by atoms with Gasteiger partial charge in [0.15, 0.2) is 0 Å². The molecule has 7 nitrogen and oxygen atoms in total. The summed E-state index contributed by atoms with van der Waals surface area (Å²) in [6.07, 6.45) is 1.48. The van der Waals surface area contributed by atoms with Crippen LogP contribution in [-0.4, -0.2) is 29.4 Å². The largest absolute Gasteiger partial charge is 0.459 e. The lowest BCUT2D eigenvalue weighted by molar-refractivity contribution is -0.147. The van der Waals surface area contributed by atoms with Crippen LogP contribution in [0.3, 0.4) is 0 Å². The highest BCUT2D eigenvalue weighted by Gasteiger charge is 2.35. The Kier molecular flexibility index (Phi) is 5.28. The second-order valence-electron chi connectivity index (χ2n) is 5.76. The first-order valence-corrected chi connectivity index (χ1v) is 8.11. The average molecular weight is 361 g/mol. The van der Waals surface area contributed by atoms with E-state index in [0.29, 0.717) is 11.1 Å². The fraction of sp³-hybridized carbons (Fsp3) is 0.100. The summed E-state index contributed by atoms with van der Waals surface area (Å²) in [5, 5.41) is 11.2. The van der Waals surface area contributed by atoms with Gasteiger partial charge in [-0.2, -0.15) is 5.26 Å². The van der Waals surface area contributed by atoms with Gasteiger partial charge in [-0.1, -0.05) is 42.5 Å². The number of nitriles is 1. The van der Waals surface area contributed by atoms with Crippen LogP contribution in [0.1, 0.15) is 16.7 Å². The lowest BCUT2D eigenvalue weighted by Crippen LogP contribution is -2.36. The lowest BCUT2D eigenvalue weighted by Gasteiger charge is -2.11. The number of rotatable bonds is 5. The molecular weight excluding hydrogens is 346 g/mol. The molecule has 1 N–H and O–H groups in total. The van der Waals surface area contributed by atoms with Crippen LogP contribution in [0, 0.1) is 11.3 Å². The van der Waals surface area contributed by atoms with Gasteiger partial charge in [0.05, 0.1) is 11.6 Å². The van der Waals surface area contributed by atoms with Gasteiger partial charge in [-0.15, -0.1) is 0 Å². The van der Waals surface area contributed by atoms with Crippen LogP contribution in [0.2, 0.25) is 0 Å². The zero-order valence-corrected chi connectivity index (χ0v) is 14.2. The normalized spacial score (nSPS) is 14.8. The molecule has 0 aromatic heterocycles. The number of carbonyl (C=O) groups excluding carboxylic acids is 3. The molecule has 7 heteroatoms. The summed E-state index contributed by atoms with van der Waals surface area (Å²) in [5.74, 6) is -1.29. The van der Waals surface area contributed by atoms with Gasteiger partial charge < -0.3 is 10.1 Å². The van der Waals surface area contributed by atoms with Crippen LogP contribution < -0.4 is 5.32 Å². The van der Waals surface area contributed by atoms with Crippen molar-refractivity contribution in [1.82, 2.24) is 10.2 Å². The highest BCUT2D eigenvalue weighted by Crippen LogP contribution is 2.15. The predicted octanol–water partition coefficient (Wildman–Crippen LogP) is 2.19. The quantitative estimate of drug-likeness (QED) is 0.500. The number of esters is 1. The van der Waals surface area contributed by atoms with Crippen LogP contribution in [0.15, 0.2) is 60.3 Å². The number of benzene rings is 2. The van der Waals surface area contributed by atoms with Crippen molar-refractivity contribution < 1.29 is 19.1 Å². The van der Waals surface area contributed by atoms with E-state index in [1.54, 1.807) is 36.4 Å². The van der Waals surface area contributed by atoms with E-state index in [-0.39, 0.29) is 12.3 Å². The van der Waals surface area contributed by atoms with E-state index in [4.69, 9.17) is 10.00 Å². The molecule has 0 atom stereocenters. The fourth-order valence-electron chi connectivity index (χ4n) is 2.45. The monoisotopic (exact) mass is 361 g/mol. The molecule has 2 aromatic carbocycles. The van der Waals surface area contributed by atoms with Gasteiger partial charge in [-0.25, -0.2) is 9.69 Å². The van der Waals surface area contributed by atoms with E-state index in [1.165, 1.54) is 6.08 Å². The van der Waals surface area contributed by atoms with Crippen LogP contribution in [0.25, 0.3) is 6.08 Å². The van der Waals surface area contributed by atoms with Crippen LogP contribution >= 0.6 is 0 Å². The summed E-state index contributed by atoms with van der Waals surface area (Å²) in [6.45, 7) is -0.403. The molecule has 0 radical (unpaired) electrons. The molecule has 3 amide bonds. The number of carbonyl (C=O) groups is 3. The molecule has 1 heterocycles. The summed E-state index contributed by atoms with van der Waals surface area (Å²) in [6, 6.07) is 16.9. The first-order valence-electron chi connectivity index (χ1n) is 8.11. The Morgan fingerprint density at radius 1 is 1.11 bits per heavy atom. The predicted molar refractivity (Wildman–Crippen MR) is 95.6 cm³/mol. The summed E-state index contributed by atoms with van der Waals surface area (Å²) < 4.78 is 5.10. The van der Waals surface area contributed by atoms with E-state index in [1.807, 2.05) is 24.3 Å². The molecule has 3 rings (SSSR count). The van der Waals surface area contributed by atoms with E-state index in [9.17, 15) is 14.4 Å². The minimum absolute atomic E-state index is 0.0561. The molecule has 1 aliphatic rings. The standard InChI is InChI=1S/C20H15N3O4/c21-11-15-8-6-14(7-9-15)10-17-19(25)23(20(26)22-17)12-18(24)27-13-16-4-2-1-3-5-16/h1-10H,12-13H2,(H,22,26). The average Bonchev–Trinajstić information content (AvgIpc) is 2.95. The van der Waals surface area contributed by atoms with Crippen molar-refractivity contribution in [2.45, 2.75) is 6.61 Å². The van der Waals surface area contributed by atoms with E-state index in [2.05, 4.69) is 5.32 Å². The van der Waals surface area contributed by atoms with Crippen molar-refractivity contribution in [3.63, 3.8) is 0 Å². The zero-order chi connectivity index (χ0) is 19.2. The number of urea groups is 1. The molecule has 0 spiro atoms. The summed E-state index contributed by atoms with van der Waals surface area (Å²) in [7, 11) is 0.